The van der Waals surface area contributed by atoms with Gasteiger partial charge in [-0.3, -0.25) is 4.79 Å². The van der Waals surface area contributed by atoms with Crippen molar-refractivity contribution in [3.63, 3.8) is 0 Å². The highest BCUT2D eigenvalue weighted by molar-refractivity contribution is 5.82. The second-order valence-electron chi connectivity index (χ2n) is 4.36. The summed E-state index contributed by atoms with van der Waals surface area (Å²) < 4.78 is 5.09. The van der Waals surface area contributed by atoms with Crippen molar-refractivity contribution >= 4 is 17.4 Å². The van der Waals surface area contributed by atoms with Crippen LogP contribution in [0.3, 0.4) is 0 Å². The van der Waals surface area contributed by atoms with Gasteiger partial charge in [-0.1, -0.05) is 0 Å². The summed E-state index contributed by atoms with van der Waals surface area (Å²) in [7, 11) is 3.37. The van der Waals surface area contributed by atoms with Gasteiger partial charge in [-0.25, -0.2) is 0 Å². The van der Waals surface area contributed by atoms with Crippen molar-refractivity contribution in [2.24, 2.45) is 0 Å². The second kappa shape index (κ2) is 5.12. The average molecular weight is 250 g/mol. The number of nitrogens with zero attached hydrogens (tertiary/aromatic N) is 3. The highest BCUT2D eigenvalue weighted by atomic mass is 16.5. The zero-order chi connectivity index (χ0) is 13.1. The molecule has 0 saturated carbocycles. The van der Waals surface area contributed by atoms with E-state index in [4.69, 9.17) is 10.5 Å². The van der Waals surface area contributed by atoms with E-state index >= 15 is 0 Å². The Bertz CT molecular complexity index is 450. The number of amides is 1. The number of likely N-dealkylation sites (N-methyl/N-ethyl adjacent to an activating group) is 1. The average Bonchev–Trinajstić information content (AvgIpc) is 2.53. The lowest BCUT2D eigenvalue weighted by Crippen LogP contribution is -2.35. The molecule has 1 aliphatic heterocycles. The van der Waals surface area contributed by atoms with E-state index in [-0.39, 0.29) is 5.91 Å². The Kier molecular flexibility index (Phi) is 3.55. The Morgan fingerprint density at radius 1 is 1.39 bits per heavy atom. The lowest BCUT2D eigenvalue weighted by Gasteiger charge is -2.22. The quantitative estimate of drug-likeness (QED) is 0.819. The molecular formula is C12H18N4O2. The molecule has 0 unspecified atom stereocenters. The molecule has 0 bridgehead atoms. The van der Waals surface area contributed by atoms with Gasteiger partial charge in [0.25, 0.3) is 0 Å². The molecule has 1 fully saturated rings. The standard InChI is InChI=1S/C12H18N4O2/c1-15-6-3-7-16(8-11(15)17)12-9(13)4-5-10(14-12)18-2/h4-5H,3,6-8,13H2,1-2H3. The van der Waals surface area contributed by atoms with Crippen molar-refractivity contribution in [3.05, 3.63) is 12.1 Å². The third kappa shape index (κ3) is 2.47. The van der Waals surface area contributed by atoms with E-state index in [0.29, 0.717) is 23.9 Å². The van der Waals surface area contributed by atoms with Crippen LogP contribution in [0.5, 0.6) is 5.88 Å². The molecule has 0 radical (unpaired) electrons. The Labute approximate surface area is 106 Å². The molecule has 2 rings (SSSR count). The number of methoxy groups -OCH3 is 1. The molecule has 98 valence electrons. The predicted octanol–water partition coefficient (Wildman–Crippen LogP) is 0.341. The minimum absolute atomic E-state index is 0.0801. The van der Waals surface area contributed by atoms with Gasteiger partial charge in [-0.2, -0.15) is 4.98 Å². The summed E-state index contributed by atoms with van der Waals surface area (Å²) in [4.78, 5) is 19.8. The first kappa shape index (κ1) is 12.5. The van der Waals surface area contributed by atoms with E-state index in [1.807, 2.05) is 11.9 Å². The fourth-order valence-electron chi connectivity index (χ4n) is 1.98. The van der Waals surface area contributed by atoms with Crippen LogP contribution in [0, 0.1) is 0 Å². The number of aromatic nitrogens is 1. The normalized spacial score (nSPS) is 16.7. The Hall–Kier alpha value is -1.98. The zero-order valence-electron chi connectivity index (χ0n) is 10.7. The first-order chi connectivity index (χ1) is 8.61. The molecule has 1 aromatic heterocycles. The van der Waals surface area contributed by atoms with Gasteiger partial charge in [-0.15, -0.1) is 0 Å². The van der Waals surface area contributed by atoms with Gasteiger partial charge < -0.3 is 20.3 Å². The van der Waals surface area contributed by atoms with Crippen LogP contribution in [0.2, 0.25) is 0 Å². The Morgan fingerprint density at radius 3 is 2.89 bits per heavy atom. The molecule has 18 heavy (non-hydrogen) atoms. The van der Waals surface area contributed by atoms with E-state index < -0.39 is 0 Å². The van der Waals surface area contributed by atoms with Gasteiger partial charge in [0.1, 0.15) is 0 Å². The van der Waals surface area contributed by atoms with Crippen molar-refractivity contribution in [1.82, 2.24) is 9.88 Å². The van der Waals surface area contributed by atoms with Gasteiger partial charge in [0.05, 0.1) is 19.3 Å². The van der Waals surface area contributed by atoms with Crippen molar-refractivity contribution in [1.29, 1.82) is 0 Å². The van der Waals surface area contributed by atoms with Crippen molar-refractivity contribution in [2.75, 3.05) is 44.4 Å². The molecule has 1 amide bonds. The summed E-state index contributed by atoms with van der Waals surface area (Å²) in [5, 5.41) is 0. The first-order valence-corrected chi connectivity index (χ1v) is 5.91. The van der Waals surface area contributed by atoms with Crippen LogP contribution in [0.15, 0.2) is 12.1 Å². The molecule has 6 heteroatoms. The van der Waals surface area contributed by atoms with Crippen molar-refractivity contribution in [3.8, 4) is 5.88 Å². The molecule has 1 aromatic rings. The first-order valence-electron chi connectivity index (χ1n) is 5.91. The number of anilines is 2. The monoisotopic (exact) mass is 250 g/mol. The maximum atomic E-state index is 11.8. The van der Waals surface area contributed by atoms with E-state index in [9.17, 15) is 4.79 Å². The number of nitrogen functional groups attached to an aromatic ring is 1. The molecule has 0 aromatic carbocycles. The van der Waals surface area contributed by atoms with Crippen LogP contribution in [0.4, 0.5) is 11.5 Å². The Morgan fingerprint density at radius 2 is 2.17 bits per heavy atom. The fourth-order valence-corrected chi connectivity index (χ4v) is 1.98. The van der Waals surface area contributed by atoms with Crippen molar-refractivity contribution < 1.29 is 9.53 Å². The van der Waals surface area contributed by atoms with Crippen LogP contribution in [0.1, 0.15) is 6.42 Å². The molecular weight excluding hydrogens is 232 g/mol. The number of pyridine rings is 1. The van der Waals surface area contributed by atoms with Crippen LogP contribution in [0.25, 0.3) is 0 Å². The zero-order valence-corrected chi connectivity index (χ0v) is 10.7. The second-order valence-corrected chi connectivity index (χ2v) is 4.36. The maximum absolute atomic E-state index is 11.8. The Balaban J connectivity index is 2.27. The largest absolute Gasteiger partial charge is 0.481 e. The maximum Gasteiger partial charge on any atom is 0.241 e. The molecule has 0 atom stereocenters. The lowest BCUT2D eigenvalue weighted by molar-refractivity contribution is -0.127. The molecule has 0 spiro atoms. The number of rotatable bonds is 2. The summed E-state index contributed by atoms with van der Waals surface area (Å²) in [6.07, 6.45) is 0.903. The van der Waals surface area contributed by atoms with Crippen LogP contribution in [-0.2, 0) is 4.79 Å². The topological polar surface area (TPSA) is 71.7 Å². The number of carbonyl (C=O) groups is 1. The van der Waals surface area contributed by atoms with Crippen LogP contribution in [-0.4, -0.2) is 49.6 Å². The third-order valence-corrected chi connectivity index (χ3v) is 3.06. The van der Waals surface area contributed by atoms with Gasteiger partial charge in [-0.05, 0) is 12.5 Å². The molecule has 2 N–H and O–H groups in total. The van der Waals surface area contributed by atoms with Crippen LogP contribution < -0.4 is 15.4 Å². The number of hydrogen-bond acceptors (Lipinski definition) is 5. The van der Waals surface area contributed by atoms with Gasteiger partial charge in [0.2, 0.25) is 11.8 Å². The van der Waals surface area contributed by atoms with Crippen LogP contribution >= 0.6 is 0 Å². The lowest BCUT2D eigenvalue weighted by atomic mass is 10.3. The van der Waals surface area contributed by atoms with E-state index in [1.54, 1.807) is 24.1 Å². The summed E-state index contributed by atoms with van der Waals surface area (Å²) in [5.41, 5.74) is 6.48. The fraction of sp³-hybridized carbons (Fsp3) is 0.500. The van der Waals surface area contributed by atoms with E-state index in [2.05, 4.69) is 4.98 Å². The predicted molar refractivity (Wildman–Crippen MR) is 69.7 cm³/mol. The minimum Gasteiger partial charge on any atom is -0.481 e. The van der Waals surface area contributed by atoms with E-state index in [1.165, 1.54) is 0 Å². The van der Waals surface area contributed by atoms with E-state index in [0.717, 1.165) is 19.5 Å². The summed E-state index contributed by atoms with van der Waals surface area (Å²) in [6.45, 7) is 1.83. The summed E-state index contributed by atoms with van der Waals surface area (Å²) >= 11 is 0. The highest BCUT2D eigenvalue weighted by Crippen LogP contribution is 2.24. The van der Waals surface area contributed by atoms with Gasteiger partial charge >= 0.3 is 0 Å². The number of carbonyl (C=O) groups excluding carboxylic acids is 1. The number of nitrogens with two attached hydrogens (primary N) is 1. The molecule has 6 nitrogen and oxygen atoms in total. The third-order valence-electron chi connectivity index (χ3n) is 3.06. The smallest absolute Gasteiger partial charge is 0.241 e. The number of ether oxygens (including phenoxy) is 1. The minimum atomic E-state index is 0.0801. The van der Waals surface area contributed by atoms with Gasteiger partial charge in [0, 0.05) is 26.2 Å². The highest BCUT2D eigenvalue weighted by Gasteiger charge is 2.21. The van der Waals surface area contributed by atoms with Gasteiger partial charge in [0.15, 0.2) is 5.82 Å². The summed E-state index contributed by atoms with van der Waals surface area (Å²) in [6, 6.07) is 3.46. The molecule has 2 heterocycles. The SMILES string of the molecule is COc1ccc(N)c(N2CCCN(C)C(=O)C2)n1. The molecule has 1 aliphatic rings. The number of hydrogen-bond donors (Lipinski definition) is 1. The summed E-state index contributed by atoms with van der Waals surface area (Å²) in [5.74, 6) is 1.21. The van der Waals surface area contributed by atoms with Crippen molar-refractivity contribution in [2.45, 2.75) is 6.42 Å². The molecule has 1 saturated heterocycles. The molecule has 0 aliphatic carbocycles.